The number of hydrogen-bond donors (Lipinski definition) is 3. The van der Waals surface area contributed by atoms with E-state index in [-0.39, 0.29) is 17.3 Å². The first-order valence-corrected chi connectivity index (χ1v) is 5.73. The van der Waals surface area contributed by atoms with Gasteiger partial charge in [-0.1, -0.05) is 12.1 Å². The second-order valence-corrected chi connectivity index (χ2v) is 3.90. The number of carboxylic acid groups (broad SMARTS) is 1. The minimum Gasteiger partial charge on any atom is -0.508 e. The van der Waals surface area contributed by atoms with Crippen molar-refractivity contribution in [3.63, 3.8) is 0 Å². The Morgan fingerprint density at radius 2 is 1.84 bits per heavy atom. The number of rotatable bonds is 5. The molecule has 0 amide bonds. The molecule has 6 heteroatoms. The molecular formula is C13H13N3O3. The summed E-state index contributed by atoms with van der Waals surface area (Å²) in [4.78, 5) is 18.6. The molecule has 0 saturated heterocycles. The highest BCUT2D eigenvalue weighted by molar-refractivity contribution is 5.90. The fourth-order valence-corrected chi connectivity index (χ4v) is 1.61. The predicted molar refractivity (Wildman–Crippen MR) is 69.3 cm³/mol. The normalized spacial score (nSPS) is 10.1. The molecular weight excluding hydrogens is 246 g/mol. The number of nitrogens with zero attached hydrogens (tertiary/aromatic N) is 2. The number of aromatic nitrogens is 2. The molecule has 0 fully saturated rings. The van der Waals surface area contributed by atoms with E-state index in [1.54, 1.807) is 12.1 Å². The zero-order chi connectivity index (χ0) is 13.7. The number of hydrogen-bond acceptors (Lipinski definition) is 5. The lowest BCUT2D eigenvalue weighted by Gasteiger charge is -2.07. The Morgan fingerprint density at radius 3 is 2.53 bits per heavy atom. The van der Waals surface area contributed by atoms with Gasteiger partial charge in [-0.05, 0) is 24.1 Å². The van der Waals surface area contributed by atoms with Crippen LogP contribution in [0.25, 0.3) is 0 Å². The number of benzene rings is 1. The fraction of sp³-hybridized carbons (Fsp3) is 0.154. The molecule has 3 N–H and O–H groups in total. The summed E-state index contributed by atoms with van der Waals surface area (Å²) in [6.07, 6.45) is 3.47. The first-order chi connectivity index (χ1) is 9.16. The summed E-state index contributed by atoms with van der Waals surface area (Å²) in [5, 5.41) is 21.0. The summed E-state index contributed by atoms with van der Waals surface area (Å²) in [6, 6.07) is 6.85. The molecule has 0 unspecified atom stereocenters. The van der Waals surface area contributed by atoms with Crippen molar-refractivity contribution in [3.8, 4) is 5.75 Å². The number of aromatic hydroxyl groups is 1. The monoisotopic (exact) mass is 259 g/mol. The van der Waals surface area contributed by atoms with Crippen molar-refractivity contribution in [2.75, 3.05) is 11.9 Å². The van der Waals surface area contributed by atoms with E-state index >= 15 is 0 Å². The van der Waals surface area contributed by atoms with Crippen LogP contribution in [0.4, 0.5) is 5.82 Å². The summed E-state index contributed by atoms with van der Waals surface area (Å²) in [6.45, 7) is 0.531. The van der Waals surface area contributed by atoms with Crippen LogP contribution in [0, 0.1) is 0 Å². The highest BCUT2D eigenvalue weighted by Crippen LogP contribution is 2.11. The molecule has 0 aliphatic carbocycles. The minimum absolute atomic E-state index is 0.0896. The highest BCUT2D eigenvalue weighted by atomic mass is 16.4. The van der Waals surface area contributed by atoms with Gasteiger partial charge in [0.1, 0.15) is 5.75 Å². The number of aromatic carboxylic acids is 1. The molecule has 98 valence electrons. The van der Waals surface area contributed by atoms with Gasteiger partial charge < -0.3 is 15.5 Å². The van der Waals surface area contributed by atoms with E-state index in [1.807, 2.05) is 12.1 Å². The molecule has 2 aromatic rings. The number of phenols is 1. The number of nitrogens with one attached hydrogen (secondary N) is 1. The lowest BCUT2D eigenvalue weighted by Crippen LogP contribution is -2.12. The maximum Gasteiger partial charge on any atom is 0.358 e. The molecule has 6 nitrogen and oxygen atoms in total. The van der Waals surface area contributed by atoms with Crippen LogP contribution in [0.3, 0.4) is 0 Å². The van der Waals surface area contributed by atoms with Gasteiger partial charge in [0.05, 0.1) is 0 Å². The molecule has 0 aliphatic rings. The maximum absolute atomic E-state index is 10.9. The van der Waals surface area contributed by atoms with Crippen LogP contribution in [0.5, 0.6) is 5.75 Å². The van der Waals surface area contributed by atoms with E-state index < -0.39 is 5.97 Å². The molecule has 2 rings (SSSR count). The Labute approximate surface area is 109 Å². The molecule has 19 heavy (non-hydrogen) atoms. The molecule has 1 aromatic heterocycles. The van der Waals surface area contributed by atoms with Gasteiger partial charge in [-0.2, -0.15) is 0 Å². The lowest BCUT2D eigenvalue weighted by atomic mass is 10.1. The summed E-state index contributed by atoms with van der Waals surface area (Å²) in [5.74, 6) is -0.632. The first kappa shape index (κ1) is 12.8. The van der Waals surface area contributed by atoms with Crippen LogP contribution in [0.15, 0.2) is 36.7 Å². The van der Waals surface area contributed by atoms with E-state index in [0.29, 0.717) is 13.0 Å². The SMILES string of the molecule is O=C(O)c1nccnc1NCCc1ccc(O)cc1. The highest BCUT2D eigenvalue weighted by Gasteiger charge is 2.11. The van der Waals surface area contributed by atoms with E-state index in [9.17, 15) is 4.79 Å². The van der Waals surface area contributed by atoms with Crippen LogP contribution in [0.1, 0.15) is 16.1 Å². The lowest BCUT2D eigenvalue weighted by molar-refractivity contribution is 0.0691. The number of anilines is 1. The average Bonchev–Trinajstić information content (AvgIpc) is 2.41. The molecule has 1 aromatic carbocycles. The minimum atomic E-state index is -1.11. The standard InChI is InChI=1S/C13H13N3O3/c17-10-3-1-9(2-4-10)5-6-15-12-11(13(18)19)14-7-8-16-12/h1-4,7-8,17H,5-6H2,(H,15,16)(H,18,19). The van der Waals surface area contributed by atoms with Gasteiger partial charge in [-0.15, -0.1) is 0 Å². The largest absolute Gasteiger partial charge is 0.508 e. The Hall–Kier alpha value is -2.63. The zero-order valence-electron chi connectivity index (χ0n) is 10.1. The Morgan fingerprint density at radius 1 is 1.16 bits per heavy atom. The molecule has 0 radical (unpaired) electrons. The fourth-order valence-electron chi connectivity index (χ4n) is 1.61. The molecule has 0 saturated carbocycles. The molecule has 0 bridgehead atoms. The van der Waals surface area contributed by atoms with Crippen molar-refractivity contribution in [3.05, 3.63) is 47.9 Å². The Kier molecular flexibility index (Phi) is 3.92. The smallest absolute Gasteiger partial charge is 0.358 e. The third-order valence-electron chi connectivity index (χ3n) is 2.54. The van der Waals surface area contributed by atoms with Crippen LogP contribution >= 0.6 is 0 Å². The van der Waals surface area contributed by atoms with Crippen LogP contribution in [0.2, 0.25) is 0 Å². The Balaban J connectivity index is 1.96. The number of carbonyl (C=O) groups is 1. The average molecular weight is 259 g/mol. The predicted octanol–water partition coefficient (Wildman–Crippen LogP) is 1.53. The second kappa shape index (κ2) is 5.81. The van der Waals surface area contributed by atoms with Gasteiger partial charge >= 0.3 is 5.97 Å². The van der Waals surface area contributed by atoms with E-state index in [1.165, 1.54) is 12.4 Å². The maximum atomic E-state index is 10.9. The van der Waals surface area contributed by atoms with Gasteiger partial charge in [0.25, 0.3) is 0 Å². The zero-order valence-corrected chi connectivity index (χ0v) is 10.1. The van der Waals surface area contributed by atoms with Crippen molar-refractivity contribution in [1.82, 2.24) is 9.97 Å². The van der Waals surface area contributed by atoms with E-state index in [4.69, 9.17) is 10.2 Å². The Bertz CT molecular complexity index is 570. The van der Waals surface area contributed by atoms with Gasteiger partial charge in [0, 0.05) is 18.9 Å². The molecule has 0 aliphatic heterocycles. The topological polar surface area (TPSA) is 95.3 Å². The van der Waals surface area contributed by atoms with Crippen molar-refractivity contribution in [1.29, 1.82) is 0 Å². The third-order valence-corrected chi connectivity index (χ3v) is 2.54. The number of phenolic OH excluding ortho intramolecular Hbond substituents is 1. The summed E-state index contributed by atoms with van der Waals surface area (Å²) in [7, 11) is 0. The van der Waals surface area contributed by atoms with Crippen molar-refractivity contribution in [2.24, 2.45) is 0 Å². The summed E-state index contributed by atoms with van der Waals surface area (Å²) >= 11 is 0. The van der Waals surface area contributed by atoms with Crippen LogP contribution < -0.4 is 5.32 Å². The van der Waals surface area contributed by atoms with Crippen LogP contribution in [-0.2, 0) is 6.42 Å². The third kappa shape index (κ3) is 3.41. The molecule has 0 atom stereocenters. The van der Waals surface area contributed by atoms with Crippen molar-refractivity contribution < 1.29 is 15.0 Å². The van der Waals surface area contributed by atoms with E-state index in [2.05, 4.69) is 15.3 Å². The van der Waals surface area contributed by atoms with Crippen molar-refractivity contribution in [2.45, 2.75) is 6.42 Å². The summed E-state index contributed by atoms with van der Waals surface area (Å²) in [5.41, 5.74) is 0.944. The van der Waals surface area contributed by atoms with Gasteiger partial charge in [-0.3, -0.25) is 0 Å². The first-order valence-electron chi connectivity index (χ1n) is 5.73. The van der Waals surface area contributed by atoms with Gasteiger partial charge in [0.2, 0.25) is 0 Å². The summed E-state index contributed by atoms with van der Waals surface area (Å²) < 4.78 is 0. The molecule has 0 spiro atoms. The quantitative estimate of drug-likeness (QED) is 0.753. The number of carboxylic acids is 1. The van der Waals surface area contributed by atoms with E-state index in [0.717, 1.165) is 5.56 Å². The van der Waals surface area contributed by atoms with Gasteiger partial charge in [0.15, 0.2) is 11.5 Å². The van der Waals surface area contributed by atoms with Crippen LogP contribution in [-0.4, -0.2) is 32.7 Å². The van der Waals surface area contributed by atoms with Crippen molar-refractivity contribution >= 4 is 11.8 Å². The molecule has 1 heterocycles. The second-order valence-electron chi connectivity index (χ2n) is 3.90. The van der Waals surface area contributed by atoms with Gasteiger partial charge in [-0.25, -0.2) is 14.8 Å².